The average molecular weight is 303 g/mol. The van der Waals surface area contributed by atoms with Gasteiger partial charge in [0.25, 0.3) is 0 Å². The lowest BCUT2D eigenvalue weighted by atomic mass is 9.96. The van der Waals surface area contributed by atoms with Crippen molar-refractivity contribution < 1.29 is 4.79 Å². The van der Waals surface area contributed by atoms with Crippen LogP contribution in [0.1, 0.15) is 32.6 Å². The first-order valence-electron chi connectivity index (χ1n) is 6.51. The second-order valence-corrected chi connectivity index (χ2v) is 5.41. The highest BCUT2D eigenvalue weighted by atomic mass is 35.5. The molecule has 1 rings (SSSR count). The van der Waals surface area contributed by atoms with Crippen LogP contribution >= 0.6 is 23.2 Å². The summed E-state index contributed by atoms with van der Waals surface area (Å²) in [5.41, 5.74) is 6.14. The molecule has 0 heterocycles. The van der Waals surface area contributed by atoms with E-state index in [4.69, 9.17) is 28.9 Å². The normalized spacial score (nSPS) is 12.2. The molecule has 106 valence electrons. The number of nitrogens with one attached hydrogen (secondary N) is 1. The highest BCUT2D eigenvalue weighted by molar-refractivity contribution is 6.36. The highest BCUT2D eigenvalue weighted by Gasteiger charge is 2.10. The Balaban J connectivity index is 2.46. The monoisotopic (exact) mass is 302 g/mol. The van der Waals surface area contributed by atoms with E-state index in [1.165, 1.54) is 0 Å². The van der Waals surface area contributed by atoms with Crippen LogP contribution in [0.4, 0.5) is 5.69 Å². The molecule has 0 aliphatic carbocycles. The van der Waals surface area contributed by atoms with Crippen LogP contribution in [-0.4, -0.2) is 12.5 Å². The van der Waals surface area contributed by atoms with Gasteiger partial charge in [0.05, 0.1) is 10.7 Å². The topological polar surface area (TPSA) is 55.1 Å². The van der Waals surface area contributed by atoms with Gasteiger partial charge in [0, 0.05) is 11.4 Å². The number of anilines is 1. The van der Waals surface area contributed by atoms with Crippen molar-refractivity contribution >= 4 is 34.8 Å². The maximum absolute atomic E-state index is 11.8. The SMILES string of the molecule is CCC(CCN)CCC(=O)Nc1ccc(Cl)cc1Cl. The first-order valence-corrected chi connectivity index (χ1v) is 7.27. The van der Waals surface area contributed by atoms with Crippen LogP contribution < -0.4 is 11.1 Å². The molecule has 0 saturated carbocycles. The second kappa shape index (κ2) is 8.41. The Kier molecular flexibility index (Phi) is 7.21. The van der Waals surface area contributed by atoms with Crippen LogP contribution in [0.15, 0.2) is 18.2 Å². The number of benzene rings is 1. The third-order valence-corrected chi connectivity index (χ3v) is 3.68. The fourth-order valence-electron chi connectivity index (χ4n) is 1.93. The fraction of sp³-hybridized carbons (Fsp3) is 0.500. The lowest BCUT2D eigenvalue weighted by Crippen LogP contribution is -2.15. The van der Waals surface area contributed by atoms with Crippen molar-refractivity contribution in [2.45, 2.75) is 32.6 Å². The summed E-state index contributed by atoms with van der Waals surface area (Å²) in [6.45, 7) is 2.79. The van der Waals surface area contributed by atoms with Crippen molar-refractivity contribution in [1.29, 1.82) is 0 Å². The van der Waals surface area contributed by atoms with Gasteiger partial charge in [-0.25, -0.2) is 0 Å². The Hall–Kier alpha value is -0.770. The van der Waals surface area contributed by atoms with E-state index in [-0.39, 0.29) is 5.91 Å². The van der Waals surface area contributed by atoms with E-state index in [0.717, 1.165) is 19.3 Å². The van der Waals surface area contributed by atoms with Gasteiger partial charge < -0.3 is 11.1 Å². The zero-order valence-electron chi connectivity index (χ0n) is 11.1. The van der Waals surface area contributed by atoms with Gasteiger partial charge in [0.15, 0.2) is 0 Å². The summed E-state index contributed by atoms with van der Waals surface area (Å²) in [6.07, 6.45) is 3.35. The van der Waals surface area contributed by atoms with Gasteiger partial charge in [-0.15, -0.1) is 0 Å². The minimum Gasteiger partial charge on any atom is -0.330 e. The second-order valence-electron chi connectivity index (χ2n) is 4.56. The summed E-state index contributed by atoms with van der Waals surface area (Å²) in [5, 5.41) is 3.80. The molecular weight excluding hydrogens is 283 g/mol. The lowest BCUT2D eigenvalue weighted by molar-refractivity contribution is -0.116. The van der Waals surface area contributed by atoms with Crippen LogP contribution in [0.2, 0.25) is 10.0 Å². The summed E-state index contributed by atoms with van der Waals surface area (Å²) < 4.78 is 0. The predicted molar refractivity (Wildman–Crippen MR) is 81.8 cm³/mol. The van der Waals surface area contributed by atoms with Crippen molar-refractivity contribution in [3.05, 3.63) is 28.2 Å². The molecule has 0 fully saturated rings. The Bertz CT molecular complexity index is 424. The van der Waals surface area contributed by atoms with E-state index < -0.39 is 0 Å². The smallest absolute Gasteiger partial charge is 0.224 e. The van der Waals surface area contributed by atoms with E-state index in [9.17, 15) is 4.79 Å². The summed E-state index contributed by atoms with van der Waals surface area (Å²) in [4.78, 5) is 11.8. The van der Waals surface area contributed by atoms with Crippen molar-refractivity contribution in [2.75, 3.05) is 11.9 Å². The molecule has 0 radical (unpaired) electrons. The van der Waals surface area contributed by atoms with E-state index in [1.54, 1.807) is 18.2 Å². The van der Waals surface area contributed by atoms with Gasteiger partial charge in [-0.2, -0.15) is 0 Å². The fourth-order valence-corrected chi connectivity index (χ4v) is 2.38. The first-order chi connectivity index (χ1) is 9.06. The molecular formula is C14H20Cl2N2O. The molecule has 1 atom stereocenters. The quantitative estimate of drug-likeness (QED) is 0.797. The van der Waals surface area contributed by atoms with Gasteiger partial charge in [0.2, 0.25) is 5.91 Å². The maximum Gasteiger partial charge on any atom is 0.224 e. The van der Waals surface area contributed by atoms with Crippen LogP contribution in [0.25, 0.3) is 0 Å². The largest absolute Gasteiger partial charge is 0.330 e. The molecule has 3 N–H and O–H groups in total. The number of hydrogen-bond donors (Lipinski definition) is 2. The molecule has 0 aliphatic rings. The molecule has 0 bridgehead atoms. The van der Waals surface area contributed by atoms with E-state index >= 15 is 0 Å². The number of hydrogen-bond acceptors (Lipinski definition) is 2. The molecule has 0 saturated heterocycles. The van der Waals surface area contributed by atoms with E-state index in [0.29, 0.717) is 34.6 Å². The summed E-state index contributed by atoms with van der Waals surface area (Å²) in [7, 11) is 0. The van der Waals surface area contributed by atoms with Crippen molar-refractivity contribution in [3.8, 4) is 0 Å². The molecule has 1 amide bonds. The first kappa shape index (κ1) is 16.3. The molecule has 3 nitrogen and oxygen atoms in total. The number of carbonyl (C=O) groups excluding carboxylic acids is 1. The third kappa shape index (κ3) is 5.81. The molecule has 1 aromatic carbocycles. The van der Waals surface area contributed by atoms with Gasteiger partial charge in [-0.05, 0) is 43.5 Å². The minimum absolute atomic E-state index is 0.0281. The van der Waals surface area contributed by atoms with Gasteiger partial charge in [0.1, 0.15) is 0 Å². The summed E-state index contributed by atoms with van der Waals surface area (Å²) in [6, 6.07) is 5.02. The standard InChI is InChI=1S/C14H20Cl2N2O/c1-2-10(7-8-17)3-6-14(19)18-13-5-4-11(15)9-12(13)16/h4-5,9-10H,2-3,6-8,17H2,1H3,(H,18,19). The van der Waals surface area contributed by atoms with Gasteiger partial charge in [-0.3, -0.25) is 4.79 Å². The molecule has 0 aliphatic heterocycles. The zero-order chi connectivity index (χ0) is 14.3. The molecule has 1 aromatic rings. The average Bonchev–Trinajstić information content (AvgIpc) is 2.38. The van der Waals surface area contributed by atoms with Crippen molar-refractivity contribution in [1.82, 2.24) is 0 Å². The third-order valence-electron chi connectivity index (χ3n) is 3.14. The Labute approximate surface area is 124 Å². The maximum atomic E-state index is 11.8. The predicted octanol–water partition coefficient (Wildman–Crippen LogP) is 4.09. The molecule has 1 unspecified atom stereocenters. The number of rotatable bonds is 7. The van der Waals surface area contributed by atoms with Crippen molar-refractivity contribution in [2.24, 2.45) is 11.7 Å². The van der Waals surface area contributed by atoms with E-state index in [2.05, 4.69) is 12.2 Å². The number of carbonyl (C=O) groups is 1. The summed E-state index contributed by atoms with van der Waals surface area (Å²) in [5.74, 6) is 0.483. The number of amides is 1. The Morgan fingerprint density at radius 1 is 1.37 bits per heavy atom. The highest BCUT2D eigenvalue weighted by Crippen LogP contribution is 2.25. The lowest BCUT2D eigenvalue weighted by Gasteiger charge is -2.13. The van der Waals surface area contributed by atoms with Crippen LogP contribution in [-0.2, 0) is 4.79 Å². The minimum atomic E-state index is -0.0281. The van der Waals surface area contributed by atoms with Gasteiger partial charge >= 0.3 is 0 Å². The van der Waals surface area contributed by atoms with Crippen LogP contribution in [0, 0.1) is 5.92 Å². The Morgan fingerprint density at radius 2 is 2.11 bits per heavy atom. The van der Waals surface area contributed by atoms with E-state index in [1.807, 2.05) is 0 Å². The van der Waals surface area contributed by atoms with Crippen LogP contribution in [0.3, 0.4) is 0 Å². The van der Waals surface area contributed by atoms with Gasteiger partial charge in [-0.1, -0.05) is 36.5 Å². The Morgan fingerprint density at radius 3 is 2.68 bits per heavy atom. The van der Waals surface area contributed by atoms with Crippen LogP contribution in [0.5, 0.6) is 0 Å². The number of nitrogens with two attached hydrogens (primary N) is 1. The summed E-state index contributed by atoms with van der Waals surface area (Å²) >= 11 is 11.8. The number of halogens is 2. The molecule has 5 heteroatoms. The molecule has 0 aromatic heterocycles. The molecule has 0 spiro atoms. The zero-order valence-corrected chi connectivity index (χ0v) is 12.6. The van der Waals surface area contributed by atoms with Crippen molar-refractivity contribution in [3.63, 3.8) is 0 Å². The molecule has 19 heavy (non-hydrogen) atoms.